The lowest BCUT2D eigenvalue weighted by atomic mass is 10.1. The molecule has 1 aliphatic heterocycles. The van der Waals surface area contributed by atoms with E-state index in [0.717, 1.165) is 5.75 Å². The first-order valence-corrected chi connectivity index (χ1v) is 10.2. The van der Waals surface area contributed by atoms with Gasteiger partial charge in [0.05, 0.1) is 16.5 Å². The summed E-state index contributed by atoms with van der Waals surface area (Å²) in [5.74, 6) is 2.22. The van der Waals surface area contributed by atoms with Crippen LogP contribution in [0.4, 0.5) is 5.69 Å². The molecule has 1 aliphatic rings. The monoisotopic (exact) mass is 399 g/mol. The Morgan fingerprint density at radius 3 is 2.63 bits per heavy atom. The fraction of sp³-hybridized carbons (Fsp3) is 0.190. The molecule has 3 aromatic carbocycles. The third-order valence-corrected chi connectivity index (χ3v) is 5.57. The minimum atomic E-state index is -0.0983. The lowest BCUT2D eigenvalue weighted by Gasteiger charge is -2.20. The van der Waals surface area contributed by atoms with Crippen LogP contribution >= 0.6 is 23.4 Å². The van der Waals surface area contributed by atoms with Crippen LogP contribution in [0, 0.1) is 0 Å². The Morgan fingerprint density at radius 2 is 1.78 bits per heavy atom. The lowest BCUT2D eigenvalue weighted by molar-refractivity contribution is -0.113. The van der Waals surface area contributed by atoms with Gasteiger partial charge < -0.3 is 14.8 Å². The van der Waals surface area contributed by atoms with Gasteiger partial charge in [-0.15, -0.1) is 11.8 Å². The molecule has 0 aliphatic carbocycles. The summed E-state index contributed by atoms with van der Waals surface area (Å²) in [6.07, 6.45) is 0. The zero-order valence-corrected chi connectivity index (χ0v) is 16.1. The van der Waals surface area contributed by atoms with Crippen molar-refractivity contribution in [3.05, 3.63) is 65.2 Å². The van der Waals surface area contributed by atoms with Gasteiger partial charge in [0.15, 0.2) is 11.5 Å². The number of carbonyl (C=O) groups is 1. The molecule has 0 radical (unpaired) electrons. The Labute approximate surface area is 166 Å². The molecule has 0 bridgehead atoms. The highest BCUT2D eigenvalue weighted by Crippen LogP contribution is 2.38. The second-order valence-corrected chi connectivity index (χ2v) is 7.55. The van der Waals surface area contributed by atoms with Gasteiger partial charge in [0.2, 0.25) is 5.91 Å². The van der Waals surface area contributed by atoms with Crippen molar-refractivity contribution in [2.24, 2.45) is 0 Å². The van der Waals surface area contributed by atoms with Crippen molar-refractivity contribution in [2.45, 2.75) is 5.75 Å². The number of amides is 1. The first kappa shape index (κ1) is 18.0. The predicted octanol–water partition coefficient (Wildman–Crippen LogP) is 5.14. The maximum Gasteiger partial charge on any atom is 0.234 e. The maximum atomic E-state index is 12.3. The average molecular weight is 400 g/mol. The minimum absolute atomic E-state index is 0.0983. The van der Waals surface area contributed by atoms with E-state index in [9.17, 15) is 4.79 Å². The molecule has 0 fully saturated rings. The first-order valence-electron chi connectivity index (χ1n) is 8.64. The van der Waals surface area contributed by atoms with Crippen LogP contribution in [0.25, 0.3) is 10.8 Å². The molecule has 0 spiro atoms. The molecule has 1 amide bonds. The Kier molecular flexibility index (Phi) is 5.41. The summed E-state index contributed by atoms with van der Waals surface area (Å²) < 4.78 is 11.0. The number of fused-ring (bicyclic) bond motifs is 2. The SMILES string of the molecule is O=C(CSCc1cccc2ccccc12)Nc1cc2c(cc1Cl)OCCO2. The van der Waals surface area contributed by atoms with Crippen molar-refractivity contribution in [3.63, 3.8) is 0 Å². The van der Waals surface area contributed by atoms with Gasteiger partial charge in [-0.2, -0.15) is 0 Å². The summed E-state index contributed by atoms with van der Waals surface area (Å²) >= 11 is 7.82. The maximum absolute atomic E-state index is 12.3. The molecule has 4 nitrogen and oxygen atoms in total. The van der Waals surface area contributed by atoms with Crippen LogP contribution in [0.1, 0.15) is 5.56 Å². The molecule has 138 valence electrons. The van der Waals surface area contributed by atoms with Crippen LogP contribution in [0.5, 0.6) is 11.5 Å². The second-order valence-electron chi connectivity index (χ2n) is 6.15. The molecule has 3 aromatic rings. The van der Waals surface area contributed by atoms with Crippen LogP contribution in [0.3, 0.4) is 0 Å². The van der Waals surface area contributed by atoms with Crippen molar-refractivity contribution in [1.29, 1.82) is 0 Å². The standard InChI is InChI=1S/C21H18ClNO3S/c22-17-10-19-20(26-9-8-25-19)11-18(17)23-21(24)13-27-12-15-6-3-5-14-4-1-2-7-16(14)15/h1-7,10-11H,8-9,12-13H2,(H,23,24). The normalized spacial score (nSPS) is 12.8. The third kappa shape index (κ3) is 4.15. The number of halogens is 1. The molecule has 0 atom stereocenters. The van der Waals surface area contributed by atoms with E-state index in [2.05, 4.69) is 29.6 Å². The van der Waals surface area contributed by atoms with E-state index in [0.29, 0.717) is 41.2 Å². The molecule has 6 heteroatoms. The van der Waals surface area contributed by atoms with Crippen molar-refractivity contribution < 1.29 is 14.3 Å². The van der Waals surface area contributed by atoms with Crippen LogP contribution in [0.2, 0.25) is 5.02 Å². The van der Waals surface area contributed by atoms with Gasteiger partial charge in [-0.05, 0) is 16.3 Å². The third-order valence-electron chi connectivity index (χ3n) is 4.28. The van der Waals surface area contributed by atoms with E-state index in [1.807, 2.05) is 18.2 Å². The topological polar surface area (TPSA) is 47.6 Å². The fourth-order valence-electron chi connectivity index (χ4n) is 3.02. The summed E-state index contributed by atoms with van der Waals surface area (Å²) in [5.41, 5.74) is 1.76. The molecule has 0 unspecified atom stereocenters. The van der Waals surface area contributed by atoms with Crippen molar-refractivity contribution >= 4 is 45.7 Å². The molecule has 0 aromatic heterocycles. The lowest BCUT2D eigenvalue weighted by Crippen LogP contribution is -2.17. The van der Waals surface area contributed by atoms with Crippen LogP contribution < -0.4 is 14.8 Å². The number of thioether (sulfide) groups is 1. The predicted molar refractivity (Wildman–Crippen MR) is 111 cm³/mol. The summed E-state index contributed by atoms with van der Waals surface area (Å²) in [6, 6.07) is 17.9. The summed E-state index contributed by atoms with van der Waals surface area (Å²) in [7, 11) is 0. The van der Waals surface area contributed by atoms with Gasteiger partial charge in [0.25, 0.3) is 0 Å². The van der Waals surface area contributed by atoms with Crippen LogP contribution in [-0.4, -0.2) is 24.9 Å². The average Bonchev–Trinajstić information content (AvgIpc) is 2.69. The molecular formula is C21H18ClNO3S. The number of rotatable bonds is 5. The summed E-state index contributed by atoms with van der Waals surface area (Å²) in [5, 5.41) is 5.73. The number of ether oxygens (including phenoxy) is 2. The number of anilines is 1. The number of carbonyl (C=O) groups excluding carboxylic acids is 1. The highest BCUT2D eigenvalue weighted by molar-refractivity contribution is 7.99. The van der Waals surface area contributed by atoms with Gasteiger partial charge in [0, 0.05) is 17.9 Å². The van der Waals surface area contributed by atoms with Gasteiger partial charge in [0.1, 0.15) is 13.2 Å². The molecular weight excluding hydrogens is 382 g/mol. The number of benzene rings is 3. The zero-order chi connectivity index (χ0) is 18.6. The van der Waals surface area contributed by atoms with Crippen molar-refractivity contribution in [1.82, 2.24) is 0 Å². The van der Waals surface area contributed by atoms with E-state index in [-0.39, 0.29) is 5.91 Å². The Bertz CT molecular complexity index is 987. The van der Waals surface area contributed by atoms with Crippen LogP contribution in [-0.2, 0) is 10.5 Å². The Balaban J connectivity index is 1.37. The molecule has 4 rings (SSSR count). The van der Waals surface area contributed by atoms with E-state index < -0.39 is 0 Å². The zero-order valence-electron chi connectivity index (χ0n) is 14.5. The van der Waals surface area contributed by atoms with Crippen molar-refractivity contribution in [2.75, 3.05) is 24.3 Å². The Morgan fingerprint density at radius 1 is 1.04 bits per heavy atom. The molecule has 0 saturated carbocycles. The highest BCUT2D eigenvalue weighted by atomic mass is 35.5. The summed E-state index contributed by atoms with van der Waals surface area (Å²) in [6.45, 7) is 0.989. The first-order chi connectivity index (χ1) is 13.2. The molecule has 27 heavy (non-hydrogen) atoms. The van der Waals surface area contributed by atoms with Crippen molar-refractivity contribution in [3.8, 4) is 11.5 Å². The number of hydrogen-bond acceptors (Lipinski definition) is 4. The molecule has 0 saturated heterocycles. The van der Waals surface area contributed by atoms with E-state index >= 15 is 0 Å². The van der Waals surface area contributed by atoms with E-state index in [1.54, 1.807) is 23.9 Å². The van der Waals surface area contributed by atoms with E-state index in [1.165, 1.54) is 16.3 Å². The molecule has 1 heterocycles. The van der Waals surface area contributed by atoms with Gasteiger partial charge >= 0.3 is 0 Å². The quantitative estimate of drug-likeness (QED) is 0.645. The second kappa shape index (κ2) is 8.11. The number of nitrogens with one attached hydrogen (secondary N) is 1. The minimum Gasteiger partial charge on any atom is -0.486 e. The van der Waals surface area contributed by atoms with Gasteiger partial charge in [-0.3, -0.25) is 4.79 Å². The van der Waals surface area contributed by atoms with E-state index in [4.69, 9.17) is 21.1 Å². The Hall–Kier alpha value is -2.37. The van der Waals surface area contributed by atoms with Crippen LogP contribution in [0.15, 0.2) is 54.6 Å². The van der Waals surface area contributed by atoms with Gasteiger partial charge in [-0.25, -0.2) is 0 Å². The molecule has 1 N–H and O–H groups in total. The number of hydrogen-bond donors (Lipinski definition) is 1. The summed E-state index contributed by atoms with van der Waals surface area (Å²) in [4.78, 5) is 12.3. The highest BCUT2D eigenvalue weighted by Gasteiger charge is 2.16. The van der Waals surface area contributed by atoms with Gasteiger partial charge in [-0.1, -0.05) is 54.1 Å². The smallest absolute Gasteiger partial charge is 0.234 e. The fourth-order valence-corrected chi connectivity index (χ4v) is 4.05. The largest absolute Gasteiger partial charge is 0.486 e.